The zero-order valence-corrected chi connectivity index (χ0v) is 12.0. The predicted molar refractivity (Wildman–Crippen MR) is 78.2 cm³/mol. The second kappa shape index (κ2) is 6.84. The number of nitrogens with one attached hydrogen (secondary N) is 1. The predicted octanol–water partition coefficient (Wildman–Crippen LogP) is 3.60. The number of nitrogens with two attached hydrogens (primary N) is 1. The van der Waals surface area contributed by atoms with E-state index < -0.39 is 0 Å². The number of amidine groups is 1. The highest BCUT2D eigenvalue weighted by atomic mass is 19.1. The van der Waals surface area contributed by atoms with Gasteiger partial charge in [-0.2, -0.15) is 0 Å². The van der Waals surface area contributed by atoms with Crippen LogP contribution >= 0.6 is 0 Å². The first-order valence-electron chi connectivity index (χ1n) is 7.34. The zero-order chi connectivity index (χ0) is 14.5. The lowest BCUT2D eigenvalue weighted by Crippen LogP contribution is -2.23. The van der Waals surface area contributed by atoms with Gasteiger partial charge < -0.3 is 10.5 Å². The smallest absolute Gasteiger partial charge is 0.123 e. The highest BCUT2D eigenvalue weighted by Gasteiger charge is 2.21. The van der Waals surface area contributed by atoms with Gasteiger partial charge in [0, 0.05) is 5.56 Å². The molecule has 0 spiro atoms. The molecule has 2 unspecified atom stereocenters. The van der Waals surface area contributed by atoms with E-state index >= 15 is 0 Å². The maximum Gasteiger partial charge on any atom is 0.123 e. The van der Waals surface area contributed by atoms with E-state index in [4.69, 9.17) is 15.9 Å². The van der Waals surface area contributed by atoms with Gasteiger partial charge in [0.05, 0.1) is 12.7 Å². The summed E-state index contributed by atoms with van der Waals surface area (Å²) in [5.74, 6) is 0.273. The van der Waals surface area contributed by atoms with Crippen molar-refractivity contribution in [1.82, 2.24) is 0 Å². The van der Waals surface area contributed by atoms with Crippen molar-refractivity contribution in [1.29, 1.82) is 5.41 Å². The Labute approximate surface area is 119 Å². The third-order valence-corrected chi connectivity index (χ3v) is 4.15. The number of benzene rings is 1. The van der Waals surface area contributed by atoms with Gasteiger partial charge in [-0.3, -0.25) is 5.41 Å². The summed E-state index contributed by atoms with van der Waals surface area (Å²) in [5.41, 5.74) is 6.72. The molecule has 0 heterocycles. The van der Waals surface area contributed by atoms with Crippen LogP contribution in [0.3, 0.4) is 0 Å². The quantitative estimate of drug-likeness (QED) is 0.638. The number of nitrogen functional groups attached to an aromatic ring is 1. The Balaban J connectivity index is 1.98. The van der Waals surface area contributed by atoms with Crippen molar-refractivity contribution in [2.45, 2.75) is 51.7 Å². The van der Waals surface area contributed by atoms with E-state index in [1.54, 1.807) is 6.07 Å². The van der Waals surface area contributed by atoms with E-state index in [0.29, 0.717) is 12.2 Å². The third kappa shape index (κ3) is 3.79. The molecule has 110 valence electrons. The molecule has 3 N–H and O–H groups in total. The van der Waals surface area contributed by atoms with Crippen LogP contribution < -0.4 is 5.73 Å². The Bertz CT molecular complexity index is 476. The van der Waals surface area contributed by atoms with Gasteiger partial charge in [-0.05, 0) is 36.5 Å². The Morgan fingerprint density at radius 3 is 2.95 bits per heavy atom. The average molecular weight is 278 g/mol. The lowest BCUT2D eigenvalue weighted by Gasteiger charge is -2.28. The van der Waals surface area contributed by atoms with Gasteiger partial charge in [-0.15, -0.1) is 0 Å². The normalized spacial score (nSPS) is 22.7. The average Bonchev–Trinajstić information content (AvgIpc) is 2.46. The lowest BCUT2D eigenvalue weighted by molar-refractivity contribution is 0.00170. The van der Waals surface area contributed by atoms with E-state index in [0.717, 1.165) is 24.3 Å². The first kappa shape index (κ1) is 15.0. The first-order chi connectivity index (χ1) is 9.60. The van der Waals surface area contributed by atoms with Gasteiger partial charge in [0.1, 0.15) is 11.7 Å². The summed E-state index contributed by atoms with van der Waals surface area (Å²) in [4.78, 5) is 0. The number of rotatable bonds is 5. The molecule has 1 fully saturated rings. The number of hydrogen-bond acceptors (Lipinski definition) is 2. The van der Waals surface area contributed by atoms with E-state index in [1.165, 1.54) is 31.4 Å². The maximum atomic E-state index is 13.2. The first-order valence-corrected chi connectivity index (χ1v) is 7.34. The molecule has 0 saturated heterocycles. The summed E-state index contributed by atoms with van der Waals surface area (Å²) in [7, 11) is 0. The van der Waals surface area contributed by atoms with Crippen molar-refractivity contribution in [3.8, 4) is 0 Å². The maximum absolute atomic E-state index is 13.2. The van der Waals surface area contributed by atoms with Crippen LogP contribution in [0.15, 0.2) is 18.2 Å². The molecule has 3 nitrogen and oxygen atoms in total. The van der Waals surface area contributed by atoms with Crippen molar-refractivity contribution in [3.63, 3.8) is 0 Å². The van der Waals surface area contributed by atoms with Crippen LogP contribution in [0.1, 0.15) is 50.2 Å². The number of halogens is 1. The number of hydrogen-bond donors (Lipinski definition) is 2. The van der Waals surface area contributed by atoms with Crippen molar-refractivity contribution < 1.29 is 9.13 Å². The fraction of sp³-hybridized carbons (Fsp3) is 0.562. The van der Waals surface area contributed by atoms with Crippen LogP contribution in [0.25, 0.3) is 0 Å². The number of ether oxygens (including phenoxy) is 1. The van der Waals surface area contributed by atoms with Gasteiger partial charge in [0.15, 0.2) is 0 Å². The van der Waals surface area contributed by atoms with E-state index in [1.807, 2.05) is 0 Å². The molecular weight excluding hydrogens is 255 g/mol. The molecule has 1 aliphatic carbocycles. The van der Waals surface area contributed by atoms with Crippen LogP contribution in [0.5, 0.6) is 0 Å². The summed E-state index contributed by atoms with van der Waals surface area (Å²) in [6, 6.07) is 4.35. The van der Waals surface area contributed by atoms with Gasteiger partial charge in [0.25, 0.3) is 0 Å². The minimum Gasteiger partial charge on any atom is -0.384 e. The fourth-order valence-corrected chi connectivity index (χ4v) is 2.90. The minimum atomic E-state index is -0.373. The molecule has 1 aromatic rings. The summed E-state index contributed by atoms with van der Waals surface area (Å²) in [5, 5.41) is 7.51. The van der Waals surface area contributed by atoms with Crippen LogP contribution in [-0.2, 0) is 11.3 Å². The van der Waals surface area contributed by atoms with Crippen LogP contribution in [0.4, 0.5) is 4.39 Å². The van der Waals surface area contributed by atoms with Gasteiger partial charge in [-0.25, -0.2) is 4.39 Å². The molecule has 0 aliphatic heterocycles. The SMILES string of the molecule is CCC1CCCC(OCc2ccc(F)cc2C(=N)N)C1. The monoisotopic (exact) mass is 278 g/mol. The zero-order valence-electron chi connectivity index (χ0n) is 12.0. The van der Waals surface area contributed by atoms with E-state index in [9.17, 15) is 4.39 Å². The fourth-order valence-electron chi connectivity index (χ4n) is 2.90. The molecule has 4 heteroatoms. The third-order valence-electron chi connectivity index (χ3n) is 4.15. The lowest BCUT2D eigenvalue weighted by atomic mass is 9.85. The molecule has 0 aromatic heterocycles. The van der Waals surface area contributed by atoms with Gasteiger partial charge >= 0.3 is 0 Å². The second-order valence-corrected chi connectivity index (χ2v) is 5.59. The molecule has 2 atom stereocenters. The molecule has 0 radical (unpaired) electrons. The van der Waals surface area contributed by atoms with Crippen LogP contribution in [-0.4, -0.2) is 11.9 Å². The van der Waals surface area contributed by atoms with Crippen molar-refractivity contribution in [2.24, 2.45) is 11.7 Å². The molecule has 1 aromatic carbocycles. The van der Waals surface area contributed by atoms with E-state index in [2.05, 4.69) is 6.92 Å². The van der Waals surface area contributed by atoms with Crippen LogP contribution in [0, 0.1) is 17.1 Å². The van der Waals surface area contributed by atoms with Gasteiger partial charge in [-0.1, -0.05) is 32.3 Å². The van der Waals surface area contributed by atoms with Crippen molar-refractivity contribution in [2.75, 3.05) is 0 Å². The highest BCUT2D eigenvalue weighted by Crippen LogP contribution is 2.29. The Hall–Kier alpha value is -1.42. The summed E-state index contributed by atoms with van der Waals surface area (Å²) in [6.45, 7) is 2.62. The summed E-state index contributed by atoms with van der Waals surface area (Å²) >= 11 is 0. The highest BCUT2D eigenvalue weighted by molar-refractivity contribution is 5.96. The Morgan fingerprint density at radius 1 is 1.45 bits per heavy atom. The molecule has 1 saturated carbocycles. The molecule has 1 aliphatic rings. The van der Waals surface area contributed by atoms with Crippen molar-refractivity contribution >= 4 is 5.84 Å². The Kier molecular flexibility index (Phi) is 5.12. The second-order valence-electron chi connectivity index (χ2n) is 5.59. The summed E-state index contributed by atoms with van der Waals surface area (Å²) < 4.78 is 19.2. The van der Waals surface area contributed by atoms with Crippen molar-refractivity contribution in [3.05, 3.63) is 35.1 Å². The largest absolute Gasteiger partial charge is 0.384 e. The standard InChI is InChI=1S/C16H23FN2O/c1-2-11-4-3-5-14(8-11)20-10-12-6-7-13(17)9-15(12)16(18)19/h6-7,9,11,14H,2-5,8,10H2,1H3,(H3,18,19). The molecule has 0 amide bonds. The Morgan fingerprint density at radius 2 is 2.25 bits per heavy atom. The van der Waals surface area contributed by atoms with Gasteiger partial charge in [0.2, 0.25) is 0 Å². The minimum absolute atomic E-state index is 0.113. The molecule has 2 rings (SSSR count). The van der Waals surface area contributed by atoms with Crippen LogP contribution in [0.2, 0.25) is 0 Å². The van der Waals surface area contributed by atoms with E-state index in [-0.39, 0.29) is 17.8 Å². The topological polar surface area (TPSA) is 59.1 Å². The molecule has 20 heavy (non-hydrogen) atoms. The summed E-state index contributed by atoms with van der Waals surface area (Å²) in [6.07, 6.45) is 6.19. The molecule has 0 bridgehead atoms. The molecular formula is C16H23FN2O.